The Bertz CT molecular complexity index is 612. The van der Waals surface area contributed by atoms with Crippen LogP contribution in [0.3, 0.4) is 0 Å². The maximum atomic E-state index is 11.2. The van der Waals surface area contributed by atoms with Crippen molar-refractivity contribution in [3.63, 3.8) is 0 Å². The predicted molar refractivity (Wildman–Crippen MR) is 79.8 cm³/mol. The summed E-state index contributed by atoms with van der Waals surface area (Å²) in [5, 5.41) is 9.62. The molecule has 0 amide bonds. The second-order valence-electron chi connectivity index (χ2n) is 4.03. The van der Waals surface area contributed by atoms with Gasteiger partial charge in [0.2, 0.25) is 0 Å². The van der Waals surface area contributed by atoms with Crippen molar-refractivity contribution in [3.05, 3.63) is 50.1 Å². The lowest BCUT2D eigenvalue weighted by Gasteiger charge is -2.20. The van der Waals surface area contributed by atoms with Crippen molar-refractivity contribution >= 4 is 46.2 Å². The molecule has 1 aromatic carbocycles. The number of anilines is 1. The van der Waals surface area contributed by atoms with E-state index in [1.165, 1.54) is 17.4 Å². The van der Waals surface area contributed by atoms with Gasteiger partial charge < -0.3 is 10.0 Å². The zero-order chi connectivity index (χ0) is 14.0. The first-order valence-electron chi connectivity index (χ1n) is 5.45. The van der Waals surface area contributed by atoms with Gasteiger partial charge in [0, 0.05) is 16.9 Å². The Morgan fingerprint density at radius 2 is 2.05 bits per heavy atom. The Labute approximate surface area is 125 Å². The minimum Gasteiger partial charge on any atom is -0.478 e. The molecule has 3 nitrogen and oxygen atoms in total. The van der Waals surface area contributed by atoms with E-state index in [1.807, 2.05) is 24.1 Å². The van der Waals surface area contributed by atoms with Crippen LogP contribution in [0.25, 0.3) is 0 Å². The maximum absolute atomic E-state index is 11.2. The van der Waals surface area contributed by atoms with Crippen molar-refractivity contribution < 1.29 is 9.90 Å². The molecule has 1 aromatic heterocycles. The molecule has 100 valence electrons. The molecule has 0 aliphatic carbocycles. The molecule has 0 aliphatic heterocycles. The first-order chi connectivity index (χ1) is 8.97. The van der Waals surface area contributed by atoms with Crippen molar-refractivity contribution in [1.29, 1.82) is 0 Å². The highest BCUT2D eigenvalue weighted by atomic mass is 35.5. The number of rotatable bonds is 4. The molecule has 6 heteroatoms. The molecule has 0 unspecified atom stereocenters. The molecule has 0 radical (unpaired) electrons. The van der Waals surface area contributed by atoms with Crippen molar-refractivity contribution in [3.8, 4) is 0 Å². The Morgan fingerprint density at radius 3 is 2.63 bits per heavy atom. The van der Waals surface area contributed by atoms with Crippen molar-refractivity contribution in [2.75, 3.05) is 11.9 Å². The first kappa shape index (κ1) is 14.2. The number of carbonyl (C=O) groups is 1. The van der Waals surface area contributed by atoms with Crippen LogP contribution in [0, 0.1) is 0 Å². The summed E-state index contributed by atoms with van der Waals surface area (Å²) in [6.45, 7) is 0.597. The second kappa shape index (κ2) is 5.82. The van der Waals surface area contributed by atoms with Crippen LogP contribution >= 0.6 is 34.5 Å². The summed E-state index contributed by atoms with van der Waals surface area (Å²) in [5.41, 5.74) is 0.819. The molecule has 0 saturated carbocycles. The van der Waals surface area contributed by atoms with Gasteiger partial charge in [-0.05, 0) is 30.3 Å². The average Bonchev–Trinajstić information content (AvgIpc) is 2.74. The van der Waals surface area contributed by atoms with Gasteiger partial charge >= 0.3 is 5.97 Å². The monoisotopic (exact) mass is 315 g/mol. The number of halogens is 2. The predicted octanol–water partition coefficient (Wildman–Crippen LogP) is 4.39. The molecule has 0 spiro atoms. The van der Waals surface area contributed by atoms with Crippen LogP contribution in [-0.2, 0) is 6.54 Å². The lowest BCUT2D eigenvalue weighted by molar-refractivity contribution is 0.0697. The van der Waals surface area contributed by atoms with Gasteiger partial charge in [-0.15, -0.1) is 11.3 Å². The van der Waals surface area contributed by atoms with Crippen LogP contribution in [0.1, 0.15) is 15.2 Å². The number of aromatic carboxylic acids is 1. The molecule has 19 heavy (non-hydrogen) atoms. The SMILES string of the molecule is CN(Cc1ccc(Cl)s1)c1ccc(Cl)cc1C(=O)O. The zero-order valence-electron chi connectivity index (χ0n) is 10.1. The number of hydrogen-bond donors (Lipinski definition) is 1. The Balaban J connectivity index is 2.28. The van der Waals surface area contributed by atoms with Gasteiger partial charge in [0.15, 0.2) is 0 Å². The third-order valence-corrected chi connectivity index (χ3v) is 4.07. The van der Waals surface area contributed by atoms with Gasteiger partial charge in [-0.3, -0.25) is 0 Å². The summed E-state index contributed by atoms with van der Waals surface area (Å²) in [6, 6.07) is 8.61. The minimum absolute atomic E-state index is 0.192. The number of nitrogens with zero attached hydrogens (tertiary/aromatic N) is 1. The van der Waals surface area contributed by atoms with E-state index >= 15 is 0 Å². The Morgan fingerprint density at radius 1 is 1.32 bits per heavy atom. The smallest absolute Gasteiger partial charge is 0.337 e. The average molecular weight is 316 g/mol. The van der Waals surface area contributed by atoms with Gasteiger partial charge in [0.25, 0.3) is 0 Å². The van der Waals surface area contributed by atoms with Crippen molar-refractivity contribution in [2.45, 2.75) is 6.54 Å². The highest BCUT2D eigenvalue weighted by molar-refractivity contribution is 7.16. The quantitative estimate of drug-likeness (QED) is 0.909. The van der Waals surface area contributed by atoms with Gasteiger partial charge in [-0.2, -0.15) is 0 Å². The topological polar surface area (TPSA) is 40.5 Å². The number of benzene rings is 1. The lowest BCUT2D eigenvalue weighted by atomic mass is 10.1. The minimum atomic E-state index is -0.992. The highest BCUT2D eigenvalue weighted by Gasteiger charge is 2.14. The number of carboxylic acid groups (broad SMARTS) is 1. The number of hydrogen-bond acceptors (Lipinski definition) is 3. The third-order valence-electron chi connectivity index (χ3n) is 2.62. The molecule has 0 fully saturated rings. The fraction of sp³-hybridized carbons (Fsp3) is 0.154. The van der Waals surface area contributed by atoms with Crippen LogP contribution in [0.15, 0.2) is 30.3 Å². The standard InChI is InChI=1S/C13H11Cl2NO2S/c1-16(7-9-3-5-12(15)19-9)11-4-2-8(14)6-10(11)13(17)18/h2-6H,7H2,1H3,(H,17,18). The van der Waals surface area contributed by atoms with Crippen molar-refractivity contribution in [2.24, 2.45) is 0 Å². The summed E-state index contributed by atoms with van der Waals surface area (Å²) >= 11 is 13.2. The lowest BCUT2D eigenvalue weighted by Crippen LogP contribution is -2.18. The molecule has 0 atom stereocenters. The normalized spacial score (nSPS) is 10.5. The van der Waals surface area contributed by atoms with E-state index in [2.05, 4.69) is 0 Å². The molecule has 2 aromatic rings. The summed E-state index contributed by atoms with van der Waals surface area (Å²) in [7, 11) is 1.84. The molecule has 0 bridgehead atoms. The molecule has 1 N–H and O–H groups in total. The number of thiophene rings is 1. The highest BCUT2D eigenvalue weighted by Crippen LogP contribution is 2.27. The van der Waals surface area contributed by atoms with E-state index in [4.69, 9.17) is 23.2 Å². The molecular formula is C13H11Cl2NO2S. The van der Waals surface area contributed by atoms with E-state index < -0.39 is 5.97 Å². The van der Waals surface area contributed by atoms with Gasteiger partial charge in [-0.1, -0.05) is 23.2 Å². The van der Waals surface area contributed by atoms with Gasteiger partial charge in [0.05, 0.1) is 22.1 Å². The Hall–Kier alpha value is -1.23. The van der Waals surface area contributed by atoms with Crippen LogP contribution in [0.2, 0.25) is 9.36 Å². The van der Waals surface area contributed by atoms with Crippen LogP contribution in [0.4, 0.5) is 5.69 Å². The third kappa shape index (κ3) is 3.41. The Kier molecular flexibility index (Phi) is 4.34. The van der Waals surface area contributed by atoms with Crippen LogP contribution < -0.4 is 4.90 Å². The largest absolute Gasteiger partial charge is 0.478 e. The zero-order valence-corrected chi connectivity index (χ0v) is 12.4. The molecule has 0 saturated heterocycles. The summed E-state index contributed by atoms with van der Waals surface area (Å²) in [5.74, 6) is -0.992. The van der Waals surface area contributed by atoms with E-state index in [1.54, 1.807) is 12.1 Å². The summed E-state index contributed by atoms with van der Waals surface area (Å²) in [4.78, 5) is 14.2. The summed E-state index contributed by atoms with van der Waals surface area (Å²) < 4.78 is 0.720. The summed E-state index contributed by atoms with van der Waals surface area (Å²) in [6.07, 6.45) is 0. The van der Waals surface area contributed by atoms with Crippen molar-refractivity contribution in [1.82, 2.24) is 0 Å². The molecular weight excluding hydrogens is 305 g/mol. The molecule has 2 rings (SSSR count). The van der Waals surface area contributed by atoms with E-state index in [-0.39, 0.29) is 5.56 Å². The van der Waals surface area contributed by atoms with E-state index in [0.717, 1.165) is 9.21 Å². The second-order valence-corrected chi connectivity index (χ2v) is 6.26. The number of carboxylic acids is 1. The van der Waals surface area contributed by atoms with Crippen LogP contribution in [-0.4, -0.2) is 18.1 Å². The molecule has 1 heterocycles. The first-order valence-corrected chi connectivity index (χ1v) is 7.03. The van der Waals surface area contributed by atoms with E-state index in [9.17, 15) is 9.90 Å². The molecule has 0 aliphatic rings. The van der Waals surface area contributed by atoms with Gasteiger partial charge in [-0.25, -0.2) is 4.79 Å². The van der Waals surface area contributed by atoms with E-state index in [0.29, 0.717) is 17.3 Å². The van der Waals surface area contributed by atoms with Gasteiger partial charge in [0.1, 0.15) is 0 Å². The van der Waals surface area contributed by atoms with Crippen LogP contribution in [0.5, 0.6) is 0 Å². The maximum Gasteiger partial charge on any atom is 0.337 e. The fourth-order valence-corrected chi connectivity index (χ4v) is 3.08. The fourth-order valence-electron chi connectivity index (χ4n) is 1.77.